The van der Waals surface area contributed by atoms with E-state index < -0.39 is 0 Å². The molecule has 0 spiro atoms. The van der Waals surface area contributed by atoms with Crippen LogP contribution < -0.4 is 4.74 Å². The van der Waals surface area contributed by atoms with E-state index in [1.165, 1.54) is 6.42 Å². The Morgan fingerprint density at radius 3 is 2.74 bits per heavy atom. The van der Waals surface area contributed by atoms with Crippen molar-refractivity contribution in [2.75, 3.05) is 7.11 Å². The van der Waals surface area contributed by atoms with Crippen LogP contribution in [0.25, 0.3) is 0 Å². The summed E-state index contributed by atoms with van der Waals surface area (Å²) in [5, 5.41) is 10.2. The van der Waals surface area contributed by atoms with E-state index in [1.807, 2.05) is 12.1 Å². The Morgan fingerprint density at radius 1 is 1.37 bits per heavy atom. The lowest BCUT2D eigenvalue weighted by molar-refractivity contribution is 0.101. The molecule has 0 saturated heterocycles. The first-order valence-electron chi connectivity index (χ1n) is 6.65. The molecule has 2 rings (SSSR count). The molecule has 0 bridgehead atoms. The fraction of sp³-hybridized carbons (Fsp3) is 0.533. The summed E-state index contributed by atoms with van der Waals surface area (Å²) in [5.41, 5.74) is 0.658. The second-order valence-corrected chi connectivity index (χ2v) is 6.21. The summed E-state index contributed by atoms with van der Waals surface area (Å²) in [6.45, 7) is 1.55. The Morgan fingerprint density at radius 2 is 2.11 bits per heavy atom. The fourth-order valence-electron chi connectivity index (χ4n) is 2.36. The van der Waals surface area contributed by atoms with Crippen LogP contribution in [0.5, 0.6) is 5.75 Å². The van der Waals surface area contributed by atoms with Gasteiger partial charge in [-0.25, -0.2) is 0 Å². The molecule has 3 nitrogen and oxygen atoms in total. The smallest absolute Gasteiger partial charge is 0.159 e. The van der Waals surface area contributed by atoms with E-state index in [4.69, 9.17) is 4.74 Å². The number of hydrogen-bond acceptors (Lipinski definition) is 4. The first kappa shape index (κ1) is 14.4. The predicted molar refractivity (Wildman–Crippen MR) is 77.1 cm³/mol. The normalized spacial score (nSPS) is 23.1. The molecule has 1 aromatic carbocycles. The van der Waals surface area contributed by atoms with Gasteiger partial charge in [-0.1, -0.05) is 18.9 Å². The maximum Gasteiger partial charge on any atom is 0.159 e. The molecule has 1 aliphatic carbocycles. The van der Waals surface area contributed by atoms with E-state index in [9.17, 15) is 9.90 Å². The van der Waals surface area contributed by atoms with Crippen molar-refractivity contribution >= 4 is 17.5 Å². The maximum atomic E-state index is 11.4. The highest BCUT2D eigenvalue weighted by atomic mass is 32.2. The molecule has 0 aliphatic heterocycles. The van der Waals surface area contributed by atoms with Gasteiger partial charge >= 0.3 is 0 Å². The molecule has 4 heteroatoms. The van der Waals surface area contributed by atoms with E-state index in [-0.39, 0.29) is 17.1 Å². The molecule has 1 N–H and O–H groups in total. The minimum absolute atomic E-state index is 0.0348. The summed E-state index contributed by atoms with van der Waals surface area (Å²) in [7, 11) is 1.61. The summed E-state index contributed by atoms with van der Waals surface area (Å²) in [6, 6.07) is 5.52. The average Bonchev–Trinajstić information content (AvgIpc) is 2.41. The van der Waals surface area contributed by atoms with E-state index in [0.29, 0.717) is 5.56 Å². The minimum atomic E-state index is -0.240. The van der Waals surface area contributed by atoms with Gasteiger partial charge in [0.15, 0.2) is 5.78 Å². The lowest BCUT2D eigenvalue weighted by atomic mass is 9.97. The van der Waals surface area contributed by atoms with Gasteiger partial charge in [0.05, 0.1) is 13.2 Å². The summed E-state index contributed by atoms with van der Waals surface area (Å²) in [5.74, 6) is 0.753. The standard InChI is InChI=1S/C15H20O3S/c1-10(16)11-7-8-15(13(9-11)18-2)19-14-6-4-3-5-12(14)17/h7-9,12,14,17H,3-6H2,1-2H3. The van der Waals surface area contributed by atoms with Crippen LogP contribution >= 0.6 is 11.8 Å². The highest BCUT2D eigenvalue weighted by molar-refractivity contribution is 8.00. The Balaban J connectivity index is 2.17. The summed E-state index contributed by atoms with van der Waals surface area (Å²) < 4.78 is 5.36. The summed E-state index contributed by atoms with van der Waals surface area (Å²) >= 11 is 1.66. The van der Waals surface area contributed by atoms with Crippen molar-refractivity contribution in [1.82, 2.24) is 0 Å². The number of carbonyl (C=O) groups excluding carboxylic acids is 1. The second-order valence-electron chi connectivity index (χ2n) is 4.93. The van der Waals surface area contributed by atoms with Crippen LogP contribution in [0.2, 0.25) is 0 Å². The van der Waals surface area contributed by atoms with Crippen molar-refractivity contribution in [3.05, 3.63) is 23.8 Å². The van der Waals surface area contributed by atoms with Crippen molar-refractivity contribution < 1.29 is 14.6 Å². The highest BCUT2D eigenvalue weighted by Gasteiger charge is 2.25. The van der Waals surface area contributed by atoms with Crippen molar-refractivity contribution in [2.24, 2.45) is 0 Å². The molecule has 0 aromatic heterocycles. The van der Waals surface area contributed by atoms with Crippen molar-refractivity contribution in [1.29, 1.82) is 0 Å². The first-order chi connectivity index (χ1) is 9.11. The monoisotopic (exact) mass is 280 g/mol. The lowest BCUT2D eigenvalue weighted by Gasteiger charge is -2.27. The summed E-state index contributed by atoms with van der Waals surface area (Å²) in [4.78, 5) is 12.4. The number of ether oxygens (including phenoxy) is 1. The number of hydrogen-bond donors (Lipinski definition) is 1. The largest absolute Gasteiger partial charge is 0.496 e. The fourth-order valence-corrected chi connectivity index (χ4v) is 3.67. The summed E-state index contributed by atoms with van der Waals surface area (Å²) in [6.07, 6.45) is 3.95. The zero-order chi connectivity index (χ0) is 13.8. The van der Waals surface area contributed by atoms with Gasteiger partial charge in [0.25, 0.3) is 0 Å². The minimum Gasteiger partial charge on any atom is -0.496 e. The number of benzene rings is 1. The molecule has 2 unspecified atom stereocenters. The molecule has 0 amide bonds. The molecule has 0 heterocycles. The topological polar surface area (TPSA) is 46.5 Å². The van der Waals surface area contributed by atoms with Gasteiger partial charge in [0.1, 0.15) is 5.75 Å². The quantitative estimate of drug-likeness (QED) is 0.860. The van der Waals surface area contributed by atoms with Gasteiger partial charge in [-0.3, -0.25) is 4.79 Å². The number of Topliss-reactive ketones (excluding diaryl/α,β-unsaturated/α-hetero) is 1. The van der Waals surface area contributed by atoms with E-state index in [1.54, 1.807) is 31.9 Å². The van der Waals surface area contributed by atoms with Crippen LogP contribution in [-0.4, -0.2) is 29.4 Å². The number of ketones is 1. The number of thioether (sulfide) groups is 1. The molecular formula is C15H20O3S. The lowest BCUT2D eigenvalue weighted by Crippen LogP contribution is -2.26. The van der Waals surface area contributed by atoms with E-state index in [0.717, 1.165) is 29.9 Å². The Hall–Kier alpha value is -1.00. The molecule has 1 aliphatic rings. The van der Waals surface area contributed by atoms with Crippen LogP contribution in [0, 0.1) is 0 Å². The van der Waals surface area contributed by atoms with Crippen molar-refractivity contribution in [3.63, 3.8) is 0 Å². The number of aliphatic hydroxyl groups is 1. The molecular weight excluding hydrogens is 260 g/mol. The highest BCUT2D eigenvalue weighted by Crippen LogP contribution is 2.38. The first-order valence-corrected chi connectivity index (χ1v) is 7.53. The molecule has 104 valence electrons. The number of rotatable bonds is 4. The number of methoxy groups -OCH3 is 1. The van der Waals surface area contributed by atoms with Gasteiger partial charge in [-0.2, -0.15) is 0 Å². The zero-order valence-electron chi connectivity index (χ0n) is 11.4. The van der Waals surface area contributed by atoms with Crippen LogP contribution in [0.15, 0.2) is 23.1 Å². The van der Waals surface area contributed by atoms with Crippen LogP contribution in [0.1, 0.15) is 43.0 Å². The zero-order valence-corrected chi connectivity index (χ0v) is 12.2. The molecule has 1 saturated carbocycles. The van der Waals surface area contributed by atoms with Crippen molar-refractivity contribution in [2.45, 2.75) is 48.9 Å². The van der Waals surface area contributed by atoms with Gasteiger partial charge in [-0.05, 0) is 31.9 Å². The van der Waals surface area contributed by atoms with Crippen LogP contribution in [-0.2, 0) is 0 Å². The Bertz CT molecular complexity index is 459. The predicted octanol–water partition coefficient (Wildman–Crippen LogP) is 3.29. The van der Waals surface area contributed by atoms with Gasteiger partial charge in [0.2, 0.25) is 0 Å². The molecule has 2 atom stereocenters. The van der Waals surface area contributed by atoms with Gasteiger partial charge < -0.3 is 9.84 Å². The van der Waals surface area contributed by atoms with Gasteiger partial charge in [0, 0.05) is 15.7 Å². The molecule has 19 heavy (non-hydrogen) atoms. The maximum absolute atomic E-state index is 11.4. The second kappa shape index (κ2) is 6.44. The van der Waals surface area contributed by atoms with Crippen LogP contribution in [0.3, 0.4) is 0 Å². The van der Waals surface area contributed by atoms with E-state index >= 15 is 0 Å². The number of aliphatic hydroxyl groups excluding tert-OH is 1. The SMILES string of the molecule is COc1cc(C(C)=O)ccc1SC1CCCCC1O. The molecule has 1 fully saturated rings. The average molecular weight is 280 g/mol. The van der Waals surface area contributed by atoms with Crippen molar-refractivity contribution in [3.8, 4) is 5.75 Å². The van der Waals surface area contributed by atoms with Gasteiger partial charge in [-0.15, -0.1) is 11.8 Å². The third kappa shape index (κ3) is 3.51. The number of carbonyl (C=O) groups is 1. The third-order valence-corrected chi connectivity index (χ3v) is 4.96. The Kier molecular flexibility index (Phi) is 4.88. The van der Waals surface area contributed by atoms with E-state index in [2.05, 4.69) is 0 Å². The Labute approximate surface area is 118 Å². The van der Waals surface area contributed by atoms with Crippen LogP contribution in [0.4, 0.5) is 0 Å². The third-order valence-electron chi connectivity index (χ3n) is 3.52. The molecule has 1 aromatic rings. The molecule has 0 radical (unpaired) electrons.